The van der Waals surface area contributed by atoms with Crippen LogP contribution in [-0.2, 0) is 6.42 Å². The summed E-state index contributed by atoms with van der Waals surface area (Å²) in [5.41, 5.74) is 7.31. The minimum atomic E-state index is 0.369. The minimum Gasteiger partial charge on any atom is -0.497 e. The molecule has 0 saturated carbocycles. The van der Waals surface area contributed by atoms with E-state index in [1.165, 1.54) is 24.9 Å². The highest BCUT2D eigenvalue weighted by Crippen LogP contribution is 2.14. The van der Waals surface area contributed by atoms with Gasteiger partial charge in [-0.1, -0.05) is 12.1 Å². The molecule has 0 bridgehead atoms. The summed E-state index contributed by atoms with van der Waals surface area (Å²) in [5, 5.41) is 0. The molecule has 0 amide bonds. The van der Waals surface area contributed by atoms with Gasteiger partial charge in [-0.25, -0.2) is 0 Å². The Hall–Kier alpha value is -1.06. The number of nitrogens with zero attached hydrogens (tertiary/aromatic N) is 1. The van der Waals surface area contributed by atoms with Crippen LogP contribution in [0, 0.1) is 0 Å². The lowest BCUT2D eigenvalue weighted by atomic mass is 10.1. The van der Waals surface area contributed by atoms with E-state index in [2.05, 4.69) is 23.1 Å². The number of methoxy groups -OCH3 is 1. The first-order valence-electron chi connectivity index (χ1n) is 6.39. The van der Waals surface area contributed by atoms with Gasteiger partial charge in [-0.3, -0.25) is 0 Å². The lowest BCUT2D eigenvalue weighted by Gasteiger charge is -2.30. The van der Waals surface area contributed by atoms with Crippen LogP contribution in [0.2, 0.25) is 0 Å². The summed E-state index contributed by atoms with van der Waals surface area (Å²) in [4.78, 5) is 2.47. The fraction of sp³-hybridized carbons (Fsp3) is 0.571. The Labute approximate surface area is 104 Å². The molecule has 1 unspecified atom stereocenters. The monoisotopic (exact) mass is 234 g/mol. The van der Waals surface area contributed by atoms with Gasteiger partial charge < -0.3 is 15.4 Å². The lowest BCUT2D eigenvalue weighted by Crippen LogP contribution is -2.43. The molecule has 0 aliphatic carbocycles. The van der Waals surface area contributed by atoms with E-state index in [1.54, 1.807) is 7.11 Å². The van der Waals surface area contributed by atoms with E-state index < -0.39 is 0 Å². The third kappa shape index (κ3) is 3.72. The number of likely N-dealkylation sites (tertiary alicyclic amines) is 1. The fourth-order valence-corrected chi connectivity index (χ4v) is 2.41. The molecule has 1 fully saturated rings. The van der Waals surface area contributed by atoms with Crippen molar-refractivity contribution in [3.05, 3.63) is 29.8 Å². The molecule has 17 heavy (non-hydrogen) atoms. The topological polar surface area (TPSA) is 38.5 Å². The van der Waals surface area contributed by atoms with Gasteiger partial charge in [0.15, 0.2) is 0 Å². The molecule has 1 heterocycles. The Morgan fingerprint density at radius 2 is 2.35 bits per heavy atom. The number of rotatable bonds is 4. The molecule has 3 heteroatoms. The highest BCUT2D eigenvalue weighted by Gasteiger charge is 2.15. The first-order chi connectivity index (χ1) is 8.28. The second-order valence-electron chi connectivity index (χ2n) is 4.80. The summed E-state index contributed by atoms with van der Waals surface area (Å²) in [6, 6.07) is 8.68. The number of hydrogen-bond donors (Lipinski definition) is 1. The van der Waals surface area contributed by atoms with Crippen LogP contribution in [0.15, 0.2) is 24.3 Å². The maximum Gasteiger partial charge on any atom is 0.119 e. The van der Waals surface area contributed by atoms with Gasteiger partial charge in [-0.05, 0) is 43.5 Å². The molecule has 2 N–H and O–H groups in total. The van der Waals surface area contributed by atoms with Gasteiger partial charge >= 0.3 is 0 Å². The molecule has 2 rings (SSSR count). The number of piperidine rings is 1. The van der Waals surface area contributed by atoms with Crippen molar-refractivity contribution in [2.45, 2.75) is 25.3 Å². The van der Waals surface area contributed by atoms with Crippen molar-refractivity contribution in [2.75, 3.05) is 26.7 Å². The first kappa shape index (κ1) is 12.4. The van der Waals surface area contributed by atoms with E-state index in [0.29, 0.717) is 6.04 Å². The van der Waals surface area contributed by atoms with Crippen molar-refractivity contribution >= 4 is 0 Å². The Kier molecular flexibility index (Phi) is 4.40. The van der Waals surface area contributed by atoms with Crippen molar-refractivity contribution in [3.8, 4) is 5.75 Å². The lowest BCUT2D eigenvalue weighted by molar-refractivity contribution is 0.211. The number of ether oxygens (including phenoxy) is 1. The zero-order valence-corrected chi connectivity index (χ0v) is 10.6. The molecule has 94 valence electrons. The highest BCUT2D eigenvalue weighted by atomic mass is 16.5. The predicted octanol–water partition coefficient (Wildman–Crippen LogP) is 1.66. The van der Waals surface area contributed by atoms with E-state index in [4.69, 9.17) is 10.5 Å². The van der Waals surface area contributed by atoms with Gasteiger partial charge in [0.05, 0.1) is 7.11 Å². The van der Waals surface area contributed by atoms with E-state index in [-0.39, 0.29) is 0 Å². The highest BCUT2D eigenvalue weighted by molar-refractivity contribution is 5.28. The van der Waals surface area contributed by atoms with E-state index in [1.807, 2.05) is 6.07 Å². The van der Waals surface area contributed by atoms with Crippen LogP contribution in [0.3, 0.4) is 0 Å². The molecule has 0 aromatic heterocycles. The Morgan fingerprint density at radius 1 is 1.47 bits per heavy atom. The summed E-state index contributed by atoms with van der Waals surface area (Å²) in [6.45, 7) is 3.34. The molecule has 1 aliphatic rings. The summed E-state index contributed by atoms with van der Waals surface area (Å²) in [6.07, 6.45) is 3.48. The van der Waals surface area contributed by atoms with Crippen molar-refractivity contribution < 1.29 is 4.74 Å². The van der Waals surface area contributed by atoms with Crippen LogP contribution in [-0.4, -0.2) is 37.7 Å². The van der Waals surface area contributed by atoms with Crippen molar-refractivity contribution in [1.29, 1.82) is 0 Å². The average Bonchev–Trinajstić information content (AvgIpc) is 2.37. The van der Waals surface area contributed by atoms with Crippen molar-refractivity contribution in [1.82, 2.24) is 4.90 Å². The molecule has 1 aromatic rings. The zero-order chi connectivity index (χ0) is 12.1. The summed E-state index contributed by atoms with van der Waals surface area (Å²) >= 11 is 0. The molecule has 1 aliphatic heterocycles. The molecule has 0 spiro atoms. The van der Waals surface area contributed by atoms with E-state index in [9.17, 15) is 0 Å². The first-order valence-corrected chi connectivity index (χ1v) is 6.39. The van der Waals surface area contributed by atoms with Crippen LogP contribution in [0.1, 0.15) is 18.4 Å². The Balaban J connectivity index is 1.84. The second kappa shape index (κ2) is 6.03. The van der Waals surface area contributed by atoms with Gasteiger partial charge in [-0.2, -0.15) is 0 Å². The SMILES string of the molecule is COc1cccc(CCN2CCCC(N)C2)c1. The quantitative estimate of drug-likeness (QED) is 0.861. The van der Waals surface area contributed by atoms with Gasteiger partial charge in [0.25, 0.3) is 0 Å². The molecular weight excluding hydrogens is 212 g/mol. The fourth-order valence-electron chi connectivity index (χ4n) is 2.41. The van der Waals surface area contributed by atoms with Crippen LogP contribution < -0.4 is 10.5 Å². The zero-order valence-electron chi connectivity index (χ0n) is 10.6. The normalized spacial score (nSPS) is 21.4. The maximum absolute atomic E-state index is 5.98. The van der Waals surface area contributed by atoms with Gasteiger partial charge in [0, 0.05) is 19.1 Å². The average molecular weight is 234 g/mol. The predicted molar refractivity (Wildman–Crippen MR) is 70.3 cm³/mol. The number of benzene rings is 1. The van der Waals surface area contributed by atoms with Gasteiger partial charge in [-0.15, -0.1) is 0 Å². The third-order valence-electron chi connectivity index (χ3n) is 3.39. The summed E-state index contributed by atoms with van der Waals surface area (Å²) < 4.78 is 5.23. The minimum absolute atomic E-state index is 0.369. The molecule has 3 nitrogen and oxygen atoms in total. The summed E-state index contributed by atoms with van der Waals surface area (Å²) in [5.74, 6) is 0.942. The van der Waals surface area contributed by atoms with Crippen LogP contribution in [0.5, 0.6) is 5.75 Å². The standard InChI is InChI=1S/C14H22N2O/c1-17-14-6-2-4-12(10-14)7-9-16-8-3-5-13(15)11-16/h2,4,6,10,13H,3,5,7-9,11,15H2,1H3. The van der Waals surface area contributed by atoms with Crippen molar-refractivity contribution in [2.24, 2.45) is 5.73 Å². The van der Waals surface area contributed by atoms with Crippen LogP contribution >= 0.6 is 0 Å². The number of hydrogen-bond acceptors (Lipinski definition) is 3. The van der Waals surface area contributed by atoms with Crippen LogP contribution in [0.4, 0.5) is 0 Å². The molecular formula is C14H22N2O. The Morgan fingerprint density at radius 3 is 3.12 bits per heavy atom. The number of nitrogens with two attached hydrogens (primary N) is 1. The Bertz CT molecular complexity index is 354. The smallest absolute Gasteiger partial charge is 0.119 e. The van der Waals surface area contributed by atoms with Crippen molar-refractivity contribution in [3.63, 3.8) is 0 Å². The third-order valence-corrected chi connectivity index (χ3v) is 3.39. The molecule has 1 atom stereocenters. The van der Waals surface area contributed by atoms with Gasteiger partial charge in [0.1, 0.15) is 5.75 Å². The molecule has 1 aromatic carbocycles. The maximum atomic E-state index is 5.98. The van der Waals surface area contributed by atoms with E-state index >= 15 is 0 Å². The largest absolute Gasteiger partial charge is 0.497 e. The van der Waals surface area contributed by atoms with E-state index in [0.717, 1.165) is 25.3 Å². The van der Waals surface area contributed by atoms with Crippen LogP contribution in [0.25, 0.3) is 0 Å². The molecule has 1 saturated heterocycles. The summed E-state index contributed by atoms with van der Waals surface area (Å²) in [7, 11) is 1.71. The van der Waals surface area contributed by atoms with Gasteiger partial charge in [0.2, 0.25) is 0 Å². The second-order valence-corrected chi connectivity index (χ2v) is 4.80. The molecule has 0 radical (unpaired) electrons.